The molecule has 0 aliphatic carbocycles. The van der Waals surface area contributed by atoms with Crippen LogP contribution in [0.1, 0.15) is 20.3 Å². The Kier molecular flexibility index (Phi) is 4.52. The zero-order valence-electron chi connectivity index (χ0n) is 10.6. The van der Waals surface area contributed by atoms with Crippen molar-refractivity contribution in [3.63, 3.8) is 0 Å². The van der Waals surface area contributed by atoms with Crippen LogP contribution >= 0.6 is 11.3 Å². The fraction of sp³-hybridized carbons (Fsp3) is 0.385. The highest BCUT2D eigenvalue weighted by Gasteiger charge is 2.06. The minimum atomic E-state index is 0.738. The maximum atomic E-state index is 5.61. The van der Waals surface area contributed by atoms with Gasteiger partial charge >= 0.3 is 0 Å². The van der Waals surface area contributed by atoms with Crippen molar-refractivity contribution in [2.24, 2.45) is 0 Å². The zero-order chi connectivity index (χ0) is 12.8. The number of hydrogen-bond donors (Lipinski definition) is 1. The molecular formula is C13H17N3OS. The van der Waals surface area contributed by atoms with Crippen LogP contribution in [0.5, 0.6) is 5.75 Å². The summed E-state index contributed by atoms with van der Waals surface area (Å²) in [6.07, 6.45) is 1.01. The summed E-state index contributed by atoms with van der Waals surface area (Å²) < 4.78 is 5.61. The van der Waals surface area contributed by atoms with E-state index in [0.29, 0.717) is 0 Å². The maximum absolute atomic E-state index is 5.61. The molecular weight excluding hydrogens is 246 g/mol. The molecule has 0 radical (unpaired) electrons. The van der Waals surface area contributed by atoms with Gasteiger partial charge < -0.3 is 10.1 Å². The first-order chi connectivity index (χ1) is 8.83. The average molecular weight is 263 g/mol. The van der Waals surface area contributed by atoms with Crippen molar-refractivity contribution in [2.75, 3.05) is 18.5 Å². The summed E-state index contributed by atoms with van der Waals surface area (Å²) in [5.74, 6) is 0.884. The van der Waals surface area contributed by atoms with Gasteiger partial charge in [-0.05, 0) is 25.5 Å². The smallest absolute Gasteiger partial charge is 0.205 e. The van der Waals surface area contributed by atoms with Crippen LogP contribution in [0.4, 0.5) is 5.13 Å². The second-order valence-corrected chi connectivity index (χ2v) is 4.80. The van der Waals surface area contributed by atoms with Gasteiger partial charge in [-0.3, -0.25) is 0 Å². The lowest BCUT2D eigenvalue weighted by molar-refractivity contribution is 0.317. The lowest BCUT2D eigenvalue weighted by atomic mass is 10.2. The molecule has 0 fully saturated rings. The first kappa shape index (κ1) is 12.8. The van der Waals surface area contributed by atoms with Gasteiger partial charge in [0.05, 0.1) is 6.61 Å². The monoisotopic (exact) mass is 263 g/mol. The molecule has 5 heteroatoms. The molecule has 2 aromatic rings. The summed E-state index contributed by atoms with van der Waals surface area (Å²) in [5, 5.41) is 13.2. The lowest BCUT2D eigenvalue weighted by Crippen LogP contribution is -1.94. The minimum Gasteiger partial charge on any atom is -0.494 e. The largest absolute Gasteiger partial charge is 0.494 e. The van der Waals surface area contributed by atoms with Gasteiger partial charge in [0, 0.05) is 12.1 Å². The first-order valence-electron chi connectivity index (χ1n) is 6.14. The van der Waals surface area contributed by atoms with E-state index < -0.39 is 0 Å². The van der Waals surface area contributed by atoms with E-state index in [1.54, 1.807) is 11.3 Å². The molecule has 0 atom stereocenters. The lowest BCUT2D eigenvalue weighted by Gasteiger charge is -2.04. The summed E-state index contributed by atoms with van der Waals surface area (Å²) >= 11 is 1.55. The van der Waals surface area contributed by atoms with E-state index in [0.717, 1.165) is 41.0 Å². The van der Waals surface area contributed by atoms with Gasteiger partial charge in [0.1, 0.15) is 10.8 Å². The van der Waals surface area contributed by atoms with E-state index in [2.05, 4.69) is 22.4 Å². The van der Waals surface area contributed by atoms with Crippen LogP contribution in [0.15, 0.2) is 24.3 Å². The minimum absolute atomic E-state index is 0.738. The van der Waals surface area contributed by atoms with Crippen LogP contribution in [0.25, 0.3) is 10.6 Å². The topological polar surface area (TPSA) is 47.0 Å². The Morgan fingerprint density at radius 3 is 2.94 bits per heavy atom. The summed E-state index contributed by atoms with van der Waals surface area (Å²) in [6.45, 7) is 5.73. The summed E-state index contributed by atoms with van der Waals surface area (Å²) in [6, 6.07) is 7.97. The highest BCUT2D eigenvalue weighted by atomic mass is 32.1. The third-order valence-electron chi connectivity index (χ3n) is 2.31. The number of nitrogens with zero attached hydrogens (tertiary/aromatic N) is 2. The molecule has 1 aromatic carbocycles. The molecule has 0 bridgehead atoms. The van der Waals surface area contributed by atoms with Crippen molar-refractivity contribution in [3.8, 4) is 16.3 Å². The Labute approximate surface area is 111 Å². The maximum Gasteiger partial charge on any atom is 0.205 e. The van der Waals surface area contributed by atoms with Crippen molar-refractivity contribution >= 4 is 16.5 Å². The van der Waals surface area contributed by atoms with Crippen molar-refractivity contribution in [1.82, 2.24) is 10.2 Å². The van der Waals surface area contributed by atoms with Gasteiger partial charge in [-0.1, -0.05) is 30.4 Å². The third kappa shape index (κ3) is 3.20. The van der Waals surface area contributed by atoms with Crippen molar-refractivity contribution in [2.45, 2.75) is 20.3 Å². The van der Waals surface area contributed by atoms with Gasteiger partial charge in [-0.2, -0.15) is 0 Å². The molecule has 0 saturated carbocycles. The third-order valence-corrected chi connectivity index (χ3v) is 3.24. The van der Waals surface area contributed by atoms with Crippen molar-refractivity contribution < 1.29 is 4.74 Å². The van der Waals surface area contributed by atoms with Gasteiger partial charge in [0.2, 0.25) is 5.13 Å². The van der Waals surface area contributed by atoms with Crippen LogP contribution in [-0.2, 0) is 0 Å². The molecule has 0 amide bonds. The van der Waals surface area contributed by atoms with Gasteiger partial charge in [0.15, 0.2) is 0 Å². The molecule has 18 heavy (non-hydrogen) atoms. The van der Waals surface area contributed by atoms with Gasteiger partial charge in [-0.25, -0.2) is 0 Å². The van der Waals surface area contributed by atoms with Crippen LogP contribution in [0.3, 0.4) is 0 Å². The van der Waals surface area contributed by atoms with E-state index in [-0.39, 0.29) is 0 Å². The second kappa shape index (κ2) is 6.35. The van der Waals surface area contributed by atoms with Crippen LogP contribution in [-0.4, -0.2) is 23.3 Å². The van der Waals surface area contributed by atoms with E-state index in [1.165, 1.54) is 0 Å². The van der Waals surface area contributed by atoms with E-state index >= 15 is 0 Å². The quantitative estimate of drug-likeness (QED) is 0.867. The van der Waals surface area contributed by atoms with Crippen LogP contribution in [0.2, 0.25) is 0 Å². The SMILES string of the molecule is CCCOc1cccc(-c2nnc(NCC)s2)c1. The normalized spacial score (nSPS) is 10.3. The number of nitrogens with one attached hydrogen (secondary N) is 1. The Morgan fingerprint density at radius 1 is 1.28 bits per heavy atom. The molecule has 2 rings (SSSR count). The molecule has 4 nitrogen and oxygen atoms in total. The highest BCUT2D eigenvalue weighted by Crippen LogP contribution is 2.28. The fourth-order valence-electron chi connectivity index (χ4n) is 1.50. The summed E-state index contributed by atoms with van der Waals surface area (Å²) in [4.78, 5) is 0. The number of aromatic nitrogens is 2. The van der Waals surface area contributed by atoms with E-state index in [9.17, 15) is 0 Å². The van der Waals surface area contributed by atoms with E-state index in [4.69, 9.17) is 4.74 Å². The molecule has 0 unspecified atom stereocenters. The Balaban J connectivity index is 2.15. The number of hydrogen-bond acceptors (Lipinski definition) is 5. The number of anilines is 1. The zero-order valence-corrected chi connectivity index (χ0v) is 11.5. The van der Waals surface area contributed by atoms with Crippen molar-refractivity contribution in [1.29, 1.82) is 0 Å². The Bertz CT molecular complexity index is 498. The molecule has 0 saturated heterocycles. The second-order valence-electron chi connectivity index (χ2n) is 3.82. The molecule has 0 spiro atoms. The predicted octanol–water partition coefficient (Wildman–Crippen LogP) is 3.43. The molecule has 0 aliphatic heterocycles. The van der Waals surface area contributed by atoms with Gasteiger partial charge in [0.25, 0.3) is 0 Å². The highest BCUT2D eigenvalue weighted by molar-refractivity contribution is 7.18. The van der Waals surface area contributed by atoms with Crippen molar-refractivity contribution in [3.05, 3.63) is 24.3 Å². The first-order valence-corrected chi connectivity index (χ1v) is 6.95. The predicted molar refractivity (Wildman–Crippen MR) is 75.3 cm³/mol. The number of rotatable bonds is 6. The number of ether oxygens (including phenoxy) is 1. The summed E-state index contributed by atoms with van der Waals surface area (Å²) in [7, 11) is 0. The summed E-state index contributed by atoms with van der Waals surface area (Å²) in [5.41, 5.74) is 1.05. The Morgan fingerprint density at radius 2 is 2.17 bits per heavy atom. The molecule has 0 aliphatic rings. The molecule has 1 heterocycles. The average Bonchev–Trinajstić information content (AvgIpc) is 2.86. The molecule has 1 N–H and O–H groups in total. The van der Waals surface area contributed by atoms with Crippen LogP contribution < -0.4 is 10.1 Å². The standard InChI is InChI=1S/C13H17N3OS/c1-3-8-17-11-7-5-6-10(9-11)12-15-16-13(18-12)14-4-2/h5-7,9H,3-4,8H2,1-2H3,(H,14,16). The Hall–Kier alpha value is -1.62. The van der Waals surface area contributed by atoms with Gasteiger partial charge in [-0.15, -0.1) is 10.2 Å². The number of benzene rings is 1. The fourth-order valence-corrected chi connectivity index (χ4v) is 2.31. The molecule has 1 aromatic heterocycles. The molecule has 96 valence electrons. The van der Waals surface area contributed by atoms with Crippen LogP contribution in [0, 0.1) is 0 Å². The van der Waals surface area contributed by atoms with E-state index in [1.807, 2.05) is 31.2 Å².